The van der Waals surface area contributed by atoms with Gasteiger partial charge in [-0.05, 0) is 42.0 Å². The number of benzene rings is 2. The molecule has 8 heteroatoms. The molecule has 0 saturated carbocycles. The summed E-state index contributed by atoms with van der Waals surface area (Å²) in [5.74, 6) is -0.864. The zero-order valence-corrected chi connectivity index (χ0v) is 15.0. The third-order valence-corrected chi connectivity index (χ3v) is 4.03. The van der Waals surface area contributed by atoms with Crippen molar-refractivity contribution >= 4 is 17.6 Å². The normalized spacial score (nSPS) is 11.0. The molecule has 0 radical (unpaired) electrons. The SMILES string of the molecule is O=C(NCc1ccccc1)c1ccnc(NC(=O)c2ccc(C(F)(F)F)cc2)c1. The average molecular weight is 399 g/mol. The molecule has 1 heterocycles. The van der Waals surface area contributed by atoms with Crippen LogP contribution in [0.25, 0.3) is 0 Å². The van der Waals surface area contributed by atoms with E-state index in [2.05, 4.69) is 15.6 Å². The van der Waals surface area contributed by atoms with Gasteiger partial charge in [-0.1, -0.05) is 30.3 Å². The van der Waals surface area contributed by atoms with Crippen LogP contribution in [0.5, 0.6) is 0 Å². The highest BCUT2D eigenvalue weighted by molar-refractivity contribution is 6.04. The number of nitrogens with zero attached hydrogens (tertiary/aromatic N) is 1. The average Bonchev–Trinajstić information content (AvgIpc) is 2.72. The van der Waals surface area contributed by atoms with Crippen LogP contribution in [0.4, 0.5) is 19.0 Å². The molecule has 0 spiro atoms. The van der Waals surface area contributed by atoms with Crippen molar-refractivity contribution < 1.29 is 22.8 Å². The lowest BCUT2D eigenvalue weighted by Gasteiger charge is -2.09. The van der Waals surface area contributed by atoms with Gasteiger partial charge in [0, 0.05) is 23.9 Å². The summed E-state index contributed by atoms with van der Waals surface area (Å²) in [6.07, 6.45) is -3.11. The monoisotopic (exact) mass is 399 g/mol. The van der Waals surface area contributed by atoms with Crippen molar-refractivity contribution in [3.05, 3.63) is 95.2 Å². The summed E-state index contributed by atoms with van der Waals surface area (Å²) in [7, 11) is 0. The molecule has 3 rings (SSSR count). The summed E-state index contributed by atoms with van der Waals surface area (Å²) in [5.41, 5.74) is 0.423. The van der Waals surface area contributed by atoms with Crippen molar-refractivity contribution in [1.82, 2.24) is 10.3 Å². The Labute approximate surface area is 164 Å². The zero-order chi connectivity index (χ0) is 20.9. The summed E-state index contributed by atoms with van der Waals surface area (Å²) in [5, 5.41) is 5.24. The largest absolute Gasteiger partial charge is 0.416 e. The minimum Gasteiger partial charge on any atom is -0.348 e. The first kappa shape index (κ1) is 20.1. The number of amides is 2. The first-order valence-electron chi connectivity index (χ1n) is 8.60. The molecule has 0 aliphatic heterocycles. The Hall–Kier alpha value is -3.68. The second-order valence-electron chi connectivity index (χ2n) is 6.13. The number of alkyl halides is 3. The molecule has 1 aromatic heterocycles. The fourth-order valence-electron chi connectivity index (χ4n) is 2.52. The maximum Gasteiger partial charge on any atom is 0.416 e. The van der Waals surface area contributed by atoms with Crippen LogP contribution in [-0.2, 0) is 12.7 Å². The molecule has 0 aliphatic carbocycles. The van der Waals surface area contributed by atoms with E-state index in [0.29, 0.717) is 12.1 Å². The van der Waals surface area contributed by atoms with E-state index >= 15 is 0 Å². The second-order valence-corrected chi connectivity index (χ2v) is 6.13. The van der Waals surface area contributed by atoms with E-state index in [4.69, 9.17) is 0 Å². The van der Waals surface area contributed by atoms with Crippen LogP contribution in [0.15, 0.2) is 72.9 Å². The van der Waals surface area contributed by atoms with Crippen LogP contribution >= 0.6 is 0 Å². The number of aromatic nitrogens is 1. The van der Waals surface area contributed by atoms with Crippen molar-refractivity contribution in [3.63, 3.8) is 0 Å². The van der Waals surface area contributed by atoms with Crippen molar-refractivity contribution in [2.24, 2.45) is 0 Å². The van der Waals surface area contributed by atoms with Gasteiger partial charge >= 0.3 is 6.18 Å². The van der Waals surface area contributed by atoms with Gasteiger partial charge in [-0.25, -0.2) is 4.98 Å². The van der Waals surface area contributed by atoms with Crippen LogP contribution < -0.4 is 10.6 Å². The first-order valence-corrected chi connectivity index (χ1v) is 8.60. The number of carbonyl (C=O) groups is 2. The lowest BCUT2D eigenvalue weighted by molar-refractivity contribution is -0.137. The Morgan fingerprint density at radius 3 is 2.21 bits per heavy atom. The van der Waals surface area contributed by atoms with Gasteiger partial charge in [-0.15, -0.1) is 0 Å². The fraction of sp³-hybridized carbons (Fsp3) is 0.0952. The predicted octanol–water partition coefficient (Wildman–Crippen LogP) is 4.28. The first-order chi connectivity index (χ1) is 13.8. The minimum absolute atomic E-state index is 0.0405. The van der Waals surface area contributed by atoms with E-state index in [0.717, 1.165) is 29.8 Å². The predicted molar refractivity (Wildman–Crippen MR) is 101 cm³/mol. The smallest absolute Gasteiger partial charge is 0.348 e. The lowest BCUT2D eigenvalue weighted by Crippen LogP contribution is -2.23. The van der Waals surface area contributed by atoms with Gasteiger partial charge in [0.25, 0.3) is 11.8 Å². The number of anilines is 1. The molecule has 0 saturated heterocycles. The molecular weight excluding hydrogens is 383 g/mol. The van der Waals surface area contributed by atoms with Crippen LogP contribution in [0, 0.1) is 0 Å². The Morgan fingerprint density at radius 1 is 0.862 bits per heavy atom. The van der Waals surface area contributed by atoms with E-state index in [1.165, 1.54) is 18.3 Å². The van der Waals surface area contributed by atoms with Gasteiger partial charge in [-0.2, -0.15) is 13.2 Å². The van der Waals surface area contributed by atoms with Crippen molar-refractivity contribution in [3.8, 4) is 0 Å². The highest BCUT2D eigenvalue weighted by atomic mass is 19.4. The van der Waals surface area contributed by atoms with E-state index in [9.17, 15) is 22.8 Å². The molecule has 5 nitrogen and oxygen atoms in total. The Bertz CT molecular complexity index is 1000. The minimum atomic E-state index is -4.47. The van der Waals surface area contributed by atoms with Gasteiger partial charge in [-0.3, -0.25) is 9.59 Å². The molecule has 2 amide bonds. The van der Waals surface area contributed by atoms with Crippen LogP contribution in [-0.4, -0.2) is 16.8 Å². The molecule has 3 aromatic rings. The molecule has 148 valence electrons. The molecule has 2 aromatic carbocycles. The summed E-state index contributed by atoms with van der Waals surface area (Å²) >= 11 is 0. The number of rotatable bonds is 5. The van der Waals surface area contributed by atoms with Gasteiger partial charge in [0.2, 0.25) is 0 Å². The topological polar surface area (TPSA) is 71.1 Å². The highest BCUT2D eigenvalue weighted by Crippen LogP contribution is 2.29. The Morgan fingerprint density at radius 2 is 1.55 bits per heavy atom. The third-order valence-electron chi connectivity index (χ3n) is 4.03. The number of carbonyl (C=O) groups excluding carboxylic acids is 2. The molecule has 0 bridgehead atoms. The summed E-state index contributed by atoms with van der Waals surface area (Å²) in [6, 6.07) is 16.1. The van der Waals surface area contributed by atoms with E-state index in [1.807, 2.05) is 30.3 Å². The van der Waals surface area contributed by atoms with Gasteiger partial charge in [0.15, 0.2) is 0 Å². The van der Waals surface area contributed by atoms with Crippen LogP contribution in [0.3, 0.4) is 0 Å². The summed E-state index contributed by atoms with van der Waals surface area (Å²) < 4.78 is 37.8. The maximum atomic E-state index is 12.6. The van der Waals surface area contributed by atoms with E-state index < -0.39 is 17.6 Å². The molecule has 0 unspecified atom stereocenters. The molecule has 0 aliphatic rings. The number of nitrogens with one attached hydrogen (secondary N) is 2. The lowest BCUT2D eigenvalue weighted by atomic mass is 10.1. The number of halogens is 3. The number of hydrogen-bond acceptors (Lipinski definition) is 3. The van der Waals surface area contributed by atoms with Crippen molar-refractivity contribution in [2.45, 2.75) is 12.7 Å². The van der Waals surface area contributed by atoms with Gasteiger partial charge < -0.3 is 10.6 Å². The third kappa shape index (κ3) is 5.41. The van der Waals surface area contributed by atoms with Crippen molar-refractivity contribution in [2.75, 3.05) is 5.32 Å². The summed E-state index contributed by atoms with van der Waals surface area (Å²) in [4.78, 5) is 28.5. The standard InChI is InChI=1S/C21H16F3N3O2/c22-21(23,24)17-8-6-15(7-9-17)20(29)27-18-12-16(10-11-25-18)19(28)26-13-14-4-2-1-3-5-14/h1-12H,13H2,(H,26,28)(H,25,27,29). The second kappa shape index (κ2) is 8.55. The molecule has 29 heavy (non-hydrogen) atoms. The Kier molecular flexibility index (Phi) is 5.92. The molecule has 0 fully saturated rings. The Balaban J connectivity index is 1.64. The van der Waals surface area contributed by atoms with Crippen LogP contribution in [0.2, 0.25) is 0 Å². The zero-order valence-electron chi connectivity index (χ0n) is 15.0. The number of pyridine rings is 1. The van der Waals surface area contributed by atoms with E-state index in [-0.39, 0.29) is 17.3 Å². The summed E-state index contributed by atoms with van der Waals surface area (Å²) in [6.45, 7) is 0.343. The fourth-order valence-corrected chi connectivity index (χ4v) is 2.52. The van der Waals surface area contributed by atoms with E-state index in [1.54, 1.807) is 0 Å². The molecule has 2 N–H and O–H groups in total. The quantitative estimate of drug-likeness (QED) is 0.673. The molecular formula is C21H16F3N3O2. The van der Waals surface area contributed by atoms with Gasteiger partial charge in [0.05, 0.1) is 5.56 Å². The maximum absolute atomic E-state index is 12.6. The highest BCUT2D eigenvalue weighted by Gasteiger charge is 2.30. The van der Waals surface area contributed by atoms with Gasteiger partial charge in [0.1, 0.15) is 5.82 Å². The molecule has 0 atom stereocenters. The number of hydrogen-bond donors (Lipinski definition) is 2. The van der Waals surface area contributed by atoms with Crippen LogP contribution in [0.1, 0.15) is 31.8 Å². The van der Waals surface area contributed by atoms with Crippen molar-refractivity contribution in [1.29, 1.82) is 0 Å².